The Balaban J connectivity index is 1.94. The lowest BCUT2D eigenvalue weighted by Crippen LogP contribution is -2.33. The quantitative estimate of drug-likeness (QED) is 0.376. The van der Waals surface area contributed by atoms with Gasteiger partial charge in [0.2, 0.25) is 0 Å². The minimum Gasteiger partial charge on any atom is -0.370 e. The Morgan fingerprint density at radius 1 is 1.29 bits per heavy atom. The monoisotopic (exact) mass is 393 g/mol. The number of fused-ring (bicyclic) bond motifs is 2. The third-order valence-corrected chi connectivity index (χ3v) is 5.84. The van der Waals surface area contributed by atoms with Crippen molar-refractivity contribution in [2.45, 2.75) is 44.6 Å². The van der Waals surface area contributed by atoms with Crippen LogP contribution >= 0.6 is 11.8 Å². The van der Waals surface area contributed by atoms with E-state index in [1.807, 2.05) is 43.3 Å². The second kappa shape index (κ2) is 7.18. The topological polar surface area (TPSA) is 57.0 Å². The van der Waals surface area contributed by atoms with Crippen LogP contribution in [0.2, 0.25) is 0 Å². The number of pyridine rings is 1. The summed E-state index contributed by atoms with van der Waals surface area (Å²) in [5.74, 6) is 0.691. The van der Waals surface area contributed by atoms with Gasteiger partial charge in [-0.25, -0.2) is 9.97 Å². The van der Waals surface area contributed by atoms with E-state index in [1.54, 1.807) is 4.57 Å². The molecule has 0 spiro atoms. The fourth-order valence-electron chi connectivity index (χ4n) is 3.27. The highest BCUT2D eigenvalue weighted by atomic mass is 32.2. The molecule has 1 aliphatic rings. The zero-order valence-electron chi connectivity index (χ0n) is 16.4. The smallest absolute Gasteiger partial charge is 0.268 e. The van der Waals surface area contributed by atoms with Crippen LogP contribution in [0.5, 0.6) is 0 Å². The van der Waals surface area contributed by atoms with Gasteiger partial charge in [-0.05, 0) is 39.0 Å². The average molecular weight is 394 g/mol. The summed E-state index contributed by atoms with van der Waals surface area (Å²) in [6.45, 7) is 10.5. The highest BCUT2D eigenvalue weighted by molar-refractivity contribution is 7.99. The van der Waals surface area contributed by atoms with E-state index in [-0.39, 0.29) is 11.2 Å². The summed E-state index contributed by atoms with van der Waals surface area (Å²) >= 11 is 1.50. The number of para-hydroxylation sites is 1. The lowest BCUT2D eigenvalue weighted by molar-refractivity contribution is -0.0411. The second-order valence-corrected chi connectivity index (χ2v) is 8.75. The molecule has 3 aromatic rings. The number of thioether (sulfide) groups is 1. The molecule has 0 aliphatic carbocycles. The summed E-state index contributed by atoms with van der Waals surface area (Å²) in [6.07, 6.45) is 0.704. The largest absolute Gasteiger partial charge is 0.370 e. The van der Waals surface area contributed by atoms with Crippen molar-refractivity contribution in [2.24, 2.45) is 0 Å². The number of hydrogen-bond donors (Lipinski definition) is 0. The maximum Gasteiger partial charge on any atom is 0.268 e. The van der Waals surface area contributed by atoms with Gasteiger partial charge < -0.3 is 4.74 Å². The van der Waals surface area contributed by atoms with Crippen molar-refractivity contribution >= 4 is 22.8 Å². The van der Waals surface area contributed by atoms with Crippen molar-refractivity contribution in [3.63, 3.8) is 0 Å². The SMILES string of the molecule is C=C(C)CSc1nc2nc3c(cc2c(=O)n1-c1ccccc1)COC(C)(C)C3. The molecule has 0 saturated carbocycles. The summed E-state index contributed by atoms with van der Waals surface area (Å²) in [6, 6.07) is 11.5. The minimum atomic E-state index is -0.260. The molecule has 0 saturated heterocycles. The highest BCUT2D eigenvalue weighted by Crippen LogP contribution is 2.29. The minimum absolute atomic E-state index is 0.111. The molecule has 5 nitrogen and oxygen atoms in total. The highest BCUT2D eigenvalue weighted by Gasteiger charge is 2.28. The Bertz CT molecular complexity index is 1120. The molecule has 0 bridgehead atoms. The van der Waals surface area contributed by atoms with E-state index in [2.05, 4.69) is 20.4 Å². The molecule has 0 amide bonds. The number of aromatic nitrogens is 3. The van der Waals surface area contributed by atoms with Crippen molar-refractivity contribution in [3.05, 3.63) is 70.2 Å². The van der Waals surface area contributed by atoms with Crippen molar-refractivity contribution < 1.29 is 4.74 Å². The fourth-order valence-corrected chi connectivity index (χ4v) is 4.11. The molecule has 0 fully saturated rings. The number of rotatable bonds is 4. The van der Waals surface area contributed by atoms with E-state index in [1.165, 1.54) is 11.8 Å². The maximum atomic E-state index is 13.4. The zero-order chi connectivity index (χ0) is 19.9. The third kappa shape index (κ3) is 3.62. The van der Waals surface area contributed by atoms with Gasteiger partial charge in [-0.1, -0.05) is 42.1 Å². The molecule has 1 aliphatic heterocycles. The summed E-state index contributed by atoms with van der Waals surface area (Å²) < 4.78 is 7.57. The molecule has 6 heteroatoms. The van der Waals surface area contributed by atoms with Crippen LogP contribution in [-0.4, -0.2) is 25.9 Å². The number of hydrogen-bond acceptors (Lipinski definition) is 5. The summed E-state index contributed by atoms with van der Waals surface area (Å²) in [7, 11) is 0. The Morgan fingerprint density at radius 3 is 2.75 bits per heavy atom. The van der Waals surface area contributed by atoms with Crippen molar-refractivity contribution in [2.75, 3.05) is 5.75 Å². The van der Waals surface area contributed by atoms with Crippen LogP contribution < -0.4 is 5.56 Å². The van der Waals surface area contributed by atoms with Crippen LogP contribution in [-0.2, 0) is 17.8 Å². The molecule has 0 N–H and O–H groups in total. The zero-order valence-corrected chi connectivity index (χ0v) is 17.2. The molecule has 0 atom stereocenters. The van der Waals surface area contributed by atoms with Gasteiger partial charge in [-0.15, -0.1) is 0 Å². The number of benzene rings is 1. The van der Waals surface area contributed by atoms with Crippen LogP contribution in [0.4, 0.5) is 0 Å². The Morgan fingerprint density at radius 2 is 2.04 bits per heavy atom. The van der Waals surface area contributed by atoms with Gasteiger partial charge in [0.25, 0.3) is 5.56 Å². The molecule has 2 aromatic heterocycles. The van der Waals surface area contributed by atoms with Crippen LogP contribution in [0.3, 0.4) is 0 Å². The van der Waals surface area contributed by atoms with Crippen molar-refractivity contribution in [1.82, 2.24) is 14.5 Å². The molecule has 4 rings (SSSR count). The molecular formula is C22H23N3O2S. The van der Waals surface area contributed by atoms with E-state index in [4.69, 9.17) is 14.7 Å². The first-order valence-electron chi connectivity index (χ1n) is 9.26. The molecule has 3 heterocycles. The van der Waals surface area contributed by atoms with Crippen LogP contribution in [0.15, 0.2) is 58.5 Å². The van der Waals surface area contributed by atoms with Gasteiger partial charge in [0.1, 0.15) is 0 Å². The molecule has 144 valence electrons. The molecule has 28 heavy (non-hydrogen) atoms. The predicted octanol–water partition coefficient (Wildman–Crippen LogP) is 4.30. The number of ether oxygens (including phenoxy) is 1. The first-order chi connectivity index (χ1) is 13.3. The lowest BCUT2D eigenvalue weighted by Gasteiger charge is -2.31. The van der Waals surface area contributed by atoms with Crippen molar-refractivity contribution in [3.8, 4) is 5.69 Å². The fraction of sp³-hybridized carbons (Fsp3) is 0.318. The second-order valence-electron chi connectivity index (χ2n) is 7.81. The normalized spacial score (nSPS) is 15.4. The summed E-state index contributed by atoms with van der Waals surface area (Å²) in [5, 5.41) is 1.15. The van der Waals surface area contributed by atoms with Crippen LogP contribution in [0, 0.1) is 0 Å². The standard InChI is InChI=1S/C22H23N3O2S/c1-14(2)13-28-21-24-19-17(20(26)25(21)16-8-6-5-7-9-16)10-15-12-27-22(3,4)11-18(15)23-19/h5-10H,1,11-13H2,2-4H3. The third-order valence-electron chi connectivity index (χ3n) is 4.67. The van der Waals surface area contributed by atoms with Gasteiger partial charge in [-0.2, -0.15) is 0 Å². The van der Waals surface area contributed by atoms with Gasteiger partial charge in [-0.3, -0.25) is 9.36 Å². The molecular weight excluding hydrogens is 370 g/mol. The van der Waals surface area contributed by atoms with E-state index >= 15 is 0 Å². The van der Waals surface area contributed by atoms with Gasteiger partial charge in [0.15, 0.2) is 10.8 Å². The van der Waals surface area contributed by atoms with Gasteiger partial charge in [0, 0.05) is 17.7 Å². The van der Waals surface area contributed by atoms with Crippen LogP contribution in [0.25, 0.3) is 16.7 Å². The average Bonchev–Trinajstić information content (AvgIpc) is 2.65. The van der Waals surface area contributed by atoms with E-state index in [9.17, 15) is 4.79 Å². The Kier molecular flexibility index (Phi) is 4.85. The molecule has 0 unspecified atom stereocenters. The first-order valence-corrected chi connectivity index (χ1v) is 10.2. The van der Waals surface area contributed by atoms with Crippen molar-refractivity contribution in [1.29, 1.82) is 0 Å². The first kappa shape index (κ1) is 18.9. The lowest BCUT2D eigenvalue weighted by atomic mass is 9.95. The van der Waals surface area contributed by atoms with E-state index in [0.717, 1.165) is 22.5 Å². The van der Waals surface area contributed by atoms with Crippen LogP contribution in [0.1, 0.15) is 32.0 Å². The van der Waals surface area contributed by atoms with E-state index < -0.39 is 0 Å². The van der Waals surface area contributed by atoms with Gasteiger partial charge >= 0.3 is 0 Å². The summed E-state index contributed by atoms with van der Waals surface area (Å²) in [5.41, 5.74) is 3.87. The molecule has 0 radical (unpaired) electrons. The van der Waals surface area contributed by atoms with Gasteiger partial charge in [0.05, 0.1) is 29.0 Å². The predicted molar refractivity (Wildman–Crippen MR) is 113 cm³/mol. The van der Waals surface area contributed by atoms with E-state index in [0.29, 0.717) is 35.0 Å². The maximum absolute atomic E-state index is 13.4. The molecule has 1 aromatic carbocycles. The Hall–Kier alpha value is -2.44. The Labute approximate surface area is 168 Å². The number of nitrogens with zero attached hydrogens (tertiary/aromatic N) is 3. The summed E-state index contributed by atoms with van der Waals surface area (Å²) in [4.78, 5) is 22.9.